The normalized spacial score (nSPS) is 16.0. The Morgan fingerprint density at radius 3 is 2.28 bits per heavy atom. The van der Waals surface area contributed by atoms with E-state index in [1.54, 1.807) is 12.1 Å². The topological polar surface area (TPSA) is 37.4 Å². The van der Waals surface area contributed by atoms with Gasteiger partial charge in [0.05, 0.1) is 4.90 Å². The van der Waals surface area contributed by atoms with Crippen LogP contribution in [0.3, 0.4) is 0 Å². The summed E-state index contributed by atoms with van der Waals surface area (Å²) in [5.74, 6) is -2.66. The molecule has 0 heterocycles. The van der Waals surface area contributed by atoms with Crippen LogP contribution in [0.5, 0.6) is 0 Å². The van der Waals surface area contributed by atoms with Crippen LogP contribution in [0.1, 0.15) is 12.8 Å². The summed E-state index contributed by atoms with van der Waals surface area (Å²) in [6.07, 6.45) is 2.45. The molecule has 0 radical (unpaired) electrons. The van der Waals surface area contributed by atoms with Crippen molar-refractivity contribution in [1.29, 1.82) is 0 Å². The van der Waals surface area contributed by atoms with E-state index < -0.39 is 15.6 Å². The SMILES string of the molecule is CN(CC1CC1)c1ccc(S(=O)(=O)C(F)F)cc1. The fourth-order valence-electron chi connectivity index (χ4n) is 1.79. The Kier molecular flexibility index (Phi) is 3.56. The van der Waals surface area contributed by atoms with Gasteiger partial charge in [-0.1, -0.05) is 0 Å². The van der Waals surface area contributed by atoms with Crippen molar-refractivity contribution >= 4 is 15.5 Å². The Morgan fingerprint density at radius 2 is 1.83 bits per heavy atom. The molecule has 1 aromatic rings. The summed E-state index contributed by atoms with van der Waals surface area (Å²) in [7, 11) is -2.57. The summed E-state index contributed by atoms with van der Waals surface area (Å²) in [5.41, 5.74) is 0.843. The van der Waals surface area contributed by atoms with Gasteiger partial charge in [0.2, 0.25) is 9.84 Å². The molecule has 1 aromatic carbocycles. The van der Waals surface area contributed by atoms with E-state index in [0.29, 0.717) is 5.92 Å². The Labute approximate surface area is 105 Å². The summed E-state index contributed by atoms with van der Waals surface area (Å²) in [6, 6.07) is 5.61. The van der Waals surface area contributed by atoms with Crippen LogP contribution in [0, 0.1) is 5.92 Å². The van der Waals surface area contributed by atoms with Crippen LogP contribution in [-0.2, 0) is 9.84 Å². The monoisotopic (exact) mass is 275 g/mol. The molecule has 1 aliphatic rings. The van der Waals surface area contributed by atoms with Crippen molar-refractivity contribution in [2.75, 3.05) is 18.5 Å². The molecule has 0 bridgehead atoms. The zero-order valence-electron chi connectivity index (χ0n) is 10.0. The molecule has 1 aliphatic carbocycles. The zero-order valence-corrected chi connectivity index (χ0v) is 10.8. The predicted molar refractivity (Wildman–Crippen MR) is 65.6 cm³/mol. The van der Waals surface area contributed by atoms with Crippen molar-refractivity contribution in [2.45, 2.75) is 23.5 Å². The second-order valence-corrected chi connectivity index (χ2v) is 6.54. The Balaban J connectivity index is 2.14. The van der Waals surface area contributed by atoms with Crippen molar-refractivity contribution in [3.8, 4) is 0 Å². The van der Waals surface area contributed by atoms with Gasteiger partial charge in [-0.25, -0.2) is 8.42 Å². The predicted octanol–water partition coefficient (Wildman–Crippen LogP) is 2.53. The number of benzene rings is 1. The lowest BCUT2D eigenvalue weighted by molar-refractivity contribution is 0.234. The Morgan fingerprint density at radius 1 is 1.28 bits per heavy atom. The van der Waals surface area contributed by atoms with Crippen LogP contribution in [0.4, 0.5) is 14.5 Å². The first-order chi connectivity index (χ1) is 8.41. The van der Waals surface area contributed by atoms with Gasteiger partial charge in [0.1, 0.15) is 0 Å². The van der Waals surface area contributed by atoms with Crippen LogP contribution in [0.15, 0.2) is 29.2 Å². The highest BCUT2D eigenvalue weighted by Crippen LogP contribution is 2.31. The summed E-state index contributed by atoms with van der Waals surface area (Å²) in [4.78, 5) is 1.68. The van der Waals surface area contributed by atoms with E-state index in [2.05, 4.69) is 0 Å². The van der Waals surface area contributed by atoms with E-state index in [9.17, 15) is 17.2 Å². The van der Waals surface area contributed by atoms with E-state index in [1.807, 2.05) is 11.9 Å². The number of halogens is 2. The van der Waals surface area contributed by atoms with Crippen LogP contribution in [0.25, 0.3) is 0 Å². The zero-order chi connectivity index (χ0) is 13.3. The van der Waals surface area contributed by atoms with E-state index >= 15 is 0 Å². The molecule has 0 N–H and O–H groups in total. The minimum absolute atomic E-state index is 0.332. The molecule has 0 aliphatic heterocycles. The van der Waals surface area contributed by atoms with Crippen molar-refractivity contribution in [3.63, 3.8) is 0 Å². The lowest BCUT2D eigenvalue weighted by atomic mass is 10.3. The third-order valence-corrected chi connectivity index (χ3v) is 4.47. The summed E-state index contributed by atoms with van der Waals surface area (Å²) < 4.78 is 47.2. The summed E-state index contributed by atoms with van der Waals surface area (Å²) in [5, 5.41) is 0. The molecule has 100 valence electrons. The van der Waals surface area contributed by atoms with Crippen molar-refractivity contribution in [3.05, 3.63) is 24.3 Å². The van der Waals surface area contributed by atoms with Gasteiger partial charge < -0.3 is 4.90 Å². The molecule has 0 spiro atoms. The number of anilines is 1. The summed E-state index contributed by atoms with van der Waals surface area (Å²) in [6.45, 7) is 0.918. The van der Waals surface area contributed by atoms with E-state index in [-0.39, 0.29) is 4.90 Å². The van der Waals surface area contributed by atoms with Gasteiger partial charge in [0, 0.05) is 19.3 Å². The lowest BCUT2D eigenvalue weighted by Gasteiger charge is -2.19. The van der Waals surface area contributed by atoms with Gasteiger partial charge in [-0.05, 0) is 43.0 Å². The van der Waals surface area contributed by atoms with Crippen molar-refractivity contribution in [1.82, 2.24) is 0 Å². The van der Waals surface area contributed by atoms with Gasteiger partial charge in [0.25, 0.3) is 0 Å². The average molecular weight is 275 g/mol. The Hall–Kier alpha value is -1.17. The number of sulfone groups is 1. The third-order valence-electron chi connectivity index (χ3n) is 3.07. The number of hydrogen-bond acceptors (Lipinski definition) is 3. The summed E-state index contributed by atoms with van der Waals surface area (Å²) >= 11 is 0. The highest BCUT2D eigenvalue weighted by Gasteiger charge is 2.27. The van der Waals surface area contributed by atoms with Gasteiger partial charge >= 0.3 is 5.76 Å². The largest absolute Gasteiger partial charge is 0.374 e. The second-order valence-electron chi connectivity index (χ2n) is 4.62. The number of alkyl halides is 2. The Bertz CT molecular complexity index is 509. The maximum Gasteiger partial charge on any atom is 0.341 e. The van der Waals surface area contributed by atoms with Crippen LogP contribution >= 0.6 is 0 Å². The molecule has 0 atom stereocenters. The first-order valence-electron chi connectivity index (χ1n) is 5.74. The quantitative estimate of drug-likeness (QED) is 0.828. The van der Waals surface area contributed by atoms with Gasteiger partial charge in [-0.15, -0.1) is 0 Å². The molecule has 2 rings (SSSR count). The van der Waals surface area contributed by atoms with E-state index in [0.717, 1.165) is 12.2 Å². The third kappa shape index (κ3) is 2.80. The molecule has 0 saturated heterocycles. The first-order valence-corrected chi connectivity index (χ1v) is 7.29. The molecule has 1 fully saturated rings. The molecule has 0 unspecified atom stereocenters. The molecule has 3 nitrogen and oxygen atoms in total. The van der Waals surface area contributed by atoms with E-state index in [1.165, 1.54) is 25.0 Å². The van der Waals surface area contributed by atoms with Gasteiger partial charge in [0.15, 0.2) is 0 Å². The fourth-order valence-corrected chi connectivity index (χ4v) is 2.51. The second kappa shape index (κ2) is 4.84. The van der Waals surface area contributed by atoms with Crippen molar-refractivity contribution in [2.24, 2.45) is 5.92 Å². The minimum atomic E-state index is -4.48. The van der Waals surface area contributed by atoms with Crippen LogP contribution < -0.4 is 4.90 Å². The molecular weight excluding hydrogens is 260 g/mol. The maximum absolute atomic E-state index is 12.3. The first kappa shape index (κ1) is 13.3. The smallest absolute Gasteiger partial charge is 0.341 e. The molecule has 6 heteroatoms. The average Bonchev–Trinajstić information content (AvgIpc) is 3.13. The number of rotatable bonds is 5. The molecule has 0 aromatic heterocycles. The highest BCUT2D eigenvalue weighted by atomic mass is 32.2. The molecular formula is C12H15F2NO2S. The lowest BCUT2D eigenvalue weighted by Crippen LogP contribution is -2.20. The minimum Gasteiger partial charge on any atom is -0.374 e. The number of nitrogens with zero attached hydrogens (tertiary/aromatic N) is 1. The van der Waals surface area contributed by atoms with Crippen LogP contribution in [-0.4, -0.2) is 27.8 Å². The fraction of sp³-hybridized carbons (Fsp3) is 0.500. The highest BCUT2D eigenvalue weighted by molar-refractivity contribution is 7.91. The molecule has 0 amide bonds. The standard InChI is InChI=1S/C12H15F2NO2S/c1-15(8-9-2-3-9)10-4-6-11(7-5-10)18(16,17)12(13)14/h4-7,9,12H,2-3,8H2,1H3. The van der Waals surface area contributed by atoms with Gasteiger partial charge in [-0.2, -0.15) is 8.78 Å². The molecule has 18 heavy (non-hydrogen) atoms. The van der Waals surface area contributed by atoms with Crippen LogP contribution in [0.2, 0.25) is 0 Å². The van der Waals surface area contributed by atoms with E-state index in [4.69, 9.17) is 0 Å². The van der Waals surface area contributed by atoms with Crippen molar-refractivity contribution < 1.29 is 17.2 Å². The maximum atomic E-state index is 12.3. The number of hydrogen-bond donors (Lipinski definition) is 0. The molecule has 1 saturated carbocycles. The van der Waals surface area contributed by atoms with Gasteiger partial charge in [-0.3, -0.25) is 0 Å².